The molecule has 2 aromatic carbocycles. The van der Waals surface area contributed by atoms with E-state index in [9.17, 15) is 4.79 Å². The highest BCUT2D eigenvalue weighted by Crippen LogP contribution is 2.24. The fourth-order valence-corrected chi connectivity index (χ4v) is 2.29. The van der Waals surface area contributed by atoms with Crippen LogP contribution in [0.1, 0.15) is 13.8 Å². The van der Waals surface area contributed by atoms with Crippen LogP contribution in [-0.4, -0.2) is 41.7 Å². The summed E-state index contributed by atoms with van der Waals surface area (Å²) in [6.07, 6.45) is 0. The molecule has 0 bridgehead atoms. The van der Waals surface area contributed by atoms with E-state index in [1.54, 1.807) is 0 Å². The van der Waals surface area contributed by atoms with Crippen LogP contribution < -0.4 is 4.74 Å². The van der Waals surface area contributed by atoms with Gasteiger partial charge in [0.25, 0.3) is 0 Å². The first-order chi connectivity index (χ1) is 10.1. The number of carboxylic acids is 1. The van der Waals surface area contributed by atoms with Gasteiger partial charge in [0.2, 0.25) is 0 Å². The van der Waals surface area contributed by atoms with Crippen LogP contribution in [0.4, 0.5) is 0 Å². The largest absolute Gasteiger partial charge is 0.492 e. The molecule has 0 saturated heterocycles. The summed E-state index contributed by atoms with van der Waals surface area (Å²) >= 11 is 0. The molecule has 4 heteroatoms. The molecule has 2 rings (SSSR count). The molecule has 0 saturated carbocycles. The highest BCUT2D eigenvalue weighted by Gasteiger charge is 2.13. The maximum atomic E-state index is 10.8. The van der Waals surface area contributed by atoms with Crippen LogP contribution in [0.2, 0.25) is 0 Å². The number of rotatable bonds is 7. The Hall–Kier alpha value is -2.07. The van der Waals surface area contributed by atoms with Gasteiger partial charge < -0.3 is 9.84 Å². The zero-order valence-electron chi connectivity index (χ0n) is 12.5. The summed E-state index contributed by atoms with van der Waals surface area (Å²) in [5.41, 5.74) is 0. The van der Waals surface area contributed by atoms with Gasteiger partial charge in [-0.1, -0.05) is 36.4 Å². The van der Waals surface area contributed by atoms with Gasteiger partial charge in [0.1, 0.15) is 12.4 Å². The molecule has 0 aliphatic rings. The van der Waals surface area contributed by atoms with E-state index in [2.05, 4.69) is 0 Å². The van der Waals surface area contributed by atoms with Gasteiger partial charge in [-0.3, -0.25) is 9.69 Å². The summed E-state index contributed by atoms with van der Waals surface area (Å²) in [5, 5.41) is 11.1. The fourth-order valence-electron chi connectivity index (χ4n) is 2.29. The van der Waals surface area contributed by atoms with E-state index in [-0.39, 0.29) is 12.6 Å². The second-order valence-corrected chi connectivity index (χ2v) is 5.28. The molecule has 0 unspecified atom stereocenters. The number of carbonyl (C=O) groups is 1. The molecule has 4 nitrogen and oxygen atoms in total. The van der Waals surface area contributed by atoms with E-state index < -0.39 is 5.97 Å². The minimum absolute atomic E-state index is 0.0383. The third-order valence-electron chi connectivity index (χ3n) is 3.45. The quantitative estimate of drug-likeness (QED) is 0.850. The molecule has 0 aliphatic heterocycles. The summed E-state index contributed by atoms with van der Waals surface area (Å²) < 4.78 is 5.85. The van der Waals surface area contributed by atoms with Crippen molar-refractivity contribution < 1.29 is 14.6 Å². The molecule has 0 aliphatic carbocycles. The Bertz CT molecular complexity index is 605. The second kappa shape index (κ2) is 7.09. The van der Waals surface area contributed by atoms with Crippen molar-refractivity contribution in [1.82, 2.24) is 4.90 Å². The third-order valence-corrected chi connectivity index (χ3v) is 3.45. The van der Waals surface area contributed by atoms with Crippen molar-refractivity contribution in [2.45, 2.75) is 19.9 Å². The Morgan fingerprint density at radius 2 is 1.90 bits per heavy atom. The number of hydrogen-bond acceptors (Lipinski definition) is 3. The van der Waals surface area contributed by atoms with Gasteiger partial charge in [0.05, 0.1) is 6.54 Å². The molecule has 0 radical (unpaired) electrons. The topological polar surface area (TPSA) is 49.8 Å². The van der Waals surface area contributed by atoms with Gasteiger partial charge in [-0.15, -0.1) is 0 Å². The van der Waals surface area contributed by atoms with E-state index in [1.165, 1.54) is 0 Å². The molecule has 0 heterocycles. The normalized spacial score (nSPS) is 11.2. The lowest BCUT2D eigenvalue weighted by molar-refractivity contribution is -0.138. The van der Waals surface area contributed by atoms with Crippen molar-refractivity contribution in [2.24, 2.45) is 0 Å². The second-order valence-electron chi connectivity index (χ2n) is 5.28. The smallest absolute Gasteiger partial charge is 0.317 e. The summed E-state index contributed by atoms with van der Waals surface area (Å²) in [6, 6.07) is 14.2. The Balaban J connectivity index is 2.00. The van der Waals surface area contributed by atoms with Crippen molar-refractivity contribution >= 4 is 16.7 Å². The van der Waals surface area contributed by atoms with Crippen LogP contribution in [0.5, 0.6) is 5.75 Å². The van der Waals surface area contributed by atoms with Gasteiger partial charge in [0.15, 0.2) is 0 Å². The lowest BCUT2D eigenvalue weighted by Crippen LogP contribution is -2.38. The Kier molecular flexibility index (Phi) is 5.17. The van der Waals surface area contributed by atoms with Gasteiger partial charge in [-0.25, -0.2) is 0 Å². The molecular formula is C17H21NO3. The van der Waals surface area contributed by atoms with Gasteiger partial charge in [-0.05, 0) is 25.3 Å². The van der Waals surface area contributed by atoms with Crippen molar-refractivity contribution in [3.63, 3.8) is 0 Å². The number of fused-ring (bicyclic) bond motifs is 1. The maximum Gasteiger partial charge on any atom is 0.317 e. The summed E-state index contributed by atoms with van der Waals surface area (Å²) in [7, 11) is 0. The molecule has 0 spiro atoms. The van der Waals surface area contributed by atoms with Crippen molar-refractivity contribution in [1.29, 1.82) is 0 Å². The highest BCUT2D eigenvalue weighted by molar-refractivity contribution is 5.88. The molecule has 0 amide bonds. The van der Waals surface area contributed by atoms with Crippen molar-refractivity contribution in [3.8, 4) is 5.75 Å². The molecule has 0 fully saturated rings. The van der Waals surface area contributed by atoms with Gasteiger partial charge in [-0.2, -0.15) is 0 Å². The van der Waals surface area contributed by atoms with Crippen LogP contribution in [0.25, 0.3) is 10.8 Å². The Morgan fingerprint density at radius 3 is 2.62 bits per heavy atom. The Morgan fingerprint density at radius 1 is 1.19 bits per heavy atom. The predicted octanol–water partition coefficient (Wildman–Crippen LogP) is 3.01. The van der Waals surface area contributed by atoms with Crippen LogP contribution >= 0.6 is 0 Å². The minimum atomic E-state index is -0.811. The van der Waals surface area contributed by atoms with Gasteiger partial charge >= 0.3 is 5.97 Å². The summed E-state index contributed by atoms with van der Waals surface area (Å²) in [4.78, 5) is 12.7. The van der Waals surface area contributed by atoms with Crippen LogP contribution in [0.3, 0.4) is 0 Å². The lowest BCUT2D eigenvalue weighted by atomic mass is 10.1. The molecule has 21 heavy (non-hydrogen) atoms. The molecule has 0 atom stereocenters. The molecule has 112 valence electrons. The van der Waals surface area contributed by atoms with Crippen LogP contribution in [-0.2, 0) is 4.79 Å². The van der Waals surface area contributed by atoms with Crippen LogP contribution in [0.15, 0.2) is 42.5 Å². The molecule has 0 aromatic heterocycles. The zero-order valence-corrected chi connectivity index (χ0v) is 12.5. The Labute approximate surface area is 124 Å². The number of benzene rings is 2. The SMILES string of the molecule is CC(C)N(CCOc1cccc2ccccc12)CC(=O)O. The number of carboxylic acid groups (broad SMARTS) is 1. The highest BCUT2D eigenvalue weighted by atomic mass is 16.5. The zero-order chi connectivity index (χ0) is 15.2. The van der Waals surface area contributed by atoms with Crippen molar-refractivity contribution in [2.75, 3.05) is 19.7 Å². The standard InChI is InChI=1S/C17H21NO3/c1-13(2)18(12-17(19)20)10-11-21-16-9-5-7-14-6-3-4-8-15(14)16/h3-9,13H,10-12H2,1-2H3,(H,19,20). The maximum absolute atomic E-state index is 10.8. The van der Waals surface area contributed by atoms with E-state index >= 15 is 0 Å². The van der Waals surface area contributed by atoms with Crippen LogP contribution in [0, 0.1) is 0 Å². The minimum Gasteiger partial charge on any atom is -0.492 e. The summed E-state index contributed by atoms with van der Waals surface area (Å²) in [5.74, 6) is 0.0287. The molecule has 2 aromatic rings. The monoisotopic (exact) mass is 287 g/mol. The molecular weight excluding hydrogens is 266 g/mol. The van der Waals surface area contributed by atoms with Crippen molar-refractivity contribution in [3.05, 3.63) is 42.5 Å². The first kappa shape index (κ1) is 15.3. The predicted molar refractivity (Wildman–Crippen MR) is 83.8 cm³/mol. The van der Waals surface area contributed by atoms with E-state index in [4.69, 9.17) is 9.84 Å². The number of nitrogens with zero attached hydrogens (tertiary/aromatic N) is 1. The first-order valence-electron chi connectivity index (χ1n) is 7.14. The fraction of sp³-hybridized carbons (Fsp3) is 0.353. The number of hydrogen-bond donors (Lipinski definition) is 1. The average molecular weight is 287 g/mol. The summed E-state index contributed by atoms with van der Waals surface area (Å²) in [6.45, 7) is 5.07. The lowest BCUT2D eigenvalue weighted by Gasteiger charge is -2.24. The first-order valence-corrected chi connectivity index (χ1v) is 7.14. The molecule has 1 N–H and O–H groups in total. The third kappa shape index (κ3) is 4.20. The van der Waals surface area contributed by atoms with E-state index in [1.807, 2.05) is 61.2 Å². The van der Waals surface area contributed by atoms with E-state index in [0.29, 0.717) is 13.2 Å². The number of ether oxygens (including phenoxy) is 1. The van der Waals surface area contributed by atoms with E-state index in [0.717, 1.165) is 16.5 Å². The van der Waals surface area contributed by atoms with Gasteiger partial charge in [0, 0.05) is 18.0 Å². The average Bonchev–Trinajstić information content (AvgIpc) is 2.46. The number of aliphatic carboxylic acids is 1.